The smallest absolute Gasteiger partial charge is 0.266 e. The first-order chi connectivity index (χ1) is 10.7. The number of thiol groups is 1. The number of benzene rings is 2. The van der Waals surface area contributed by atoms with Gasteiger partial charge in [0.2, 0.25) is 0 Å². The van der Waals surface area contributed by atoms with Gasteiger partial charge in [-0.2, -0.15) is 5.26 Å². The van der Waals surface area contributed by atoms with Crippen molar-refractivity contribution in [3.8, 4) is 6.07 Å². The molecule has 1 aliphatic heterocycles. The highest BCUT2D eigenvalue weighted by atomic mass is 32.1. The normalized spacial score (nSPS) is 17.9. The van der Waals surface area contributed by atoms with Crippen LogP contribution in [0, 0.1) is 11.3 Å². The van der Waals surface area contributed by atoms with E-state index in [2.05, 4.69) is 17.9 Å². The van der Waals surface area contributed by atoms with Crippen LogP contribution in [0.5, 0.6) is 0 Å². The molecular weight excluding hydrogens is 294 g/mol. The summed E-state index contributed by atoms with van der Waals surface area (Å²) in [7, 11) is 0. The molecule has 1 aliphatic rings. The number of rotatable bonds is 2. The summed E-state index contributed by atoms with van der Waals surface area (Å²) < 4.78 is 0. The van der Waals surface area contributed by atoms with Crippen molar-refractivity contribution in [1.29, 1.82) is 5.26 Å². The van der Waals surface area contributed by atoms with Crippen LogP contribution < -0.4 is 10.2 Å². The maximum absolute atomic E-state index is 12.1. The van der Waals surface area contributed by atoms with Gasteiger partial charge in [0.1, 0.15) is 17.8 Å². The molecule has 0 saturated heterocycles. The van der Waals surface area contributed by atoms with E-state index in [1.807, 2.05) is 71.6 Å². The maximum Gasteiger partial charge on any atom is 0.266 e. The molecular formula is C17H13N3OS. The second-order valence-corrected chi connectivity index (χ2v) is 5.23. The molecule has 108 valence electrons. The molecule has 0 bridgehead atoms. The minimum absolute atomic E-state index is 0.0133. The largest absolute Gasteiger partial charge is 0.327 e. The van der Waals surface area contributed by atoms with Gasteiger partial charge < -0.3 is 10.2 Å². The third-order valence-corrected chi connectivity index (χ3v) is 3.91. The van der Waals surface area contributed by atoms with E-state index < -0.39 is 12.1 Å². The quantitative estimate of drug-likeness (QED) is 0.839. The number of carbonyl (C=O) groups is 1. The lowest BCUT2D eigenvalue weighted by Gasteiger charge is -2.37. The number of hydrogen-bond donors (Lipinski definition) is 2. The van der Waals surface area contributed by atoms with Crippen molar-refractivity contribution < 1.29 is 4.79 Å². The van der Waals surface area contributed by atoms with Gasteiger partial charge in [-0.25, -0.2) is 0 Å². The molecule has 0 aliphatic carbocycles. The third kappa shape index (κ3) is 2.45. The Kier molecular flexibility index (Phi) is 3.86. The van der Waals surface area contributed by atoms with Crippen molar-refractivity contribution in [2.45, 2.75) is 6.17 Å². The Labute approximate surface area is 134 Å². The standard InChI is InChI=1S/C17H13N3OS/c18-11-14-16(21)19-15(12-7-3-1-4-8-12)20(17(14)22)13-9-5-2-6-10-13/h1-10,15,22H,(H,19,21). The fourth-order valence-electron chi connectivity index (χ4n) is 2.43. The average molecular weight is 307 g/mol. The Balaban J connectivity index is 2.15. The SMILES string of the molecule is N#CC1=C(S)N(c2ccccc2)C(c2ccccc2)NC1=O. The Morgan fingerprint density at radius 3 is 2.23 bits per heavy atom. The van der Waals surface area contributed by atoms with Gasteiger partial charge in [0.05, 0.1) is 5.03 Å². The predicted octanol–water partition coefficient (Wildman–Crippen LogP) is 2.99. The van der Waals surface area contributed by atoms with E-state index in [-0.39, 0.29) is 5.57 Å². The molecule has 0 spiro atoms. The van der Waals surface area contributed by atoms with E-state index in [9.17, 15) is 10.1 Å². The van der Waals surface area contributed by atoms with Crippen molar-refractivity contribution in [3.05, 3.63) is 76.8 Å². The number of para-hydroxylation sites is 1. The lowest BCUT2D eigenvalue weighted by atomic mass is 10.1. The van der Waals surface area contributed by atoms with Crippen LogP contribution in [0.3, 0.4) is 0 Å². The van der Waals surface area contributed by atoms with Crippen LogP contribution in [0.2, 0.25) is 0 Å². The second kappa shape index (κ2) is 5.96. The molecule has 3 rings (SSSR count). The summed E-state index contributed by atoms with van der Waals surface area (Å²) >= 11 is 4.43. The third-order valence-electron chi connectivity index (χ3n) is 3.47. The monoisotopic (exact) mass is 307 g/mol. The number of amides is 1. The summed E-state index contributed by atoms with van der Waals surface area (Å²) in [4.78, 5) is 14.0. The fourth-order valence-corrected chi connectivity index (χ4v) is 2.82. The van der Waals surface area contributed by atoms with Crippen LogP contribution in [0.1, 0.15) is 11.7 Å². The topological polar surface area (TPSA) is 56.1 Å². The summed E-state index contributed by atoms with van der Waals surface area (Å²) in [6, 6.07) is 21.1. The molecule has 5 heteroatoms. The lowest BCUT2D eigenvalue weighted by molar-refractivity contribution is -0.118. The summed E-state index contributed by atoms with van der Waals surface area (Å²) in [6.45, 7) is 0. The van der Waals surface area contributed by atoms with Crippen LogP contribution in [0.4, 0.5) is 5.69 Å². The van der Waals surface area contributed by atoms with Crippen LogP contribution >= 0.6 is 12.6 Å². The molecule has 0 aromatic heterocycles. The molecule has 0 fully saturated rings. The number of carbonyl (C=O) groups excluding carboxylic acids is 1. The summed E-state index contributed by atoms with van der Waals surface area (Å²) in [5.41, 5.74) is 1.79. The predicted molar refractivity (Wildman–Crippen MR) is 87.9 cm³/mol. The molecule has 2 aromatic carbocycles. The van der Waals surface area contributed by atoms with Gasteiger partial charge in [-0.05, 0) is 17.7 Å². The van der Waals surface area contributed by atoms with E-state index in [1.165, 1.54) is 0 Å². The molecule has 4 nitrogen and oxygen atoms in total. The number of hydrogen-bond acceptors (Lipinski definition) is 4. The highest BCUT2D eigenvalue weighted by Crippen LogP contribution is 2.35. The average Bonchev–Trinajstić information content (AvgIpc) is 2.56. The minimum atomic E-state index is -0.409. The van der Waals surface area contributed by atoms with Crippen molar-refractivity contribution in [3.63, 3.8) is 0 Å². The van der Waals surface area contributed by atoms with Crippen molar-refractivity contribution in [2.75, 3.05) is 4.90 Å². The minimum Gasteiger partial charge on any atom is -0.327 e. The van der Waals surface area contributed by atoms with E-state index in [0.29, 0.717) is 5.03 Å². The van der Waals surface area contributed by atoms with Crippen molar-refractivity contribution in [1.82, 2.24) is 5.32 Å². The van der Waals surface area contributed by atoms with Gasteiger partial charge in [0.15, 0.2) is 0 Å². The molecule has 1 unspecified atom stereocenters. The van der Waals surface area contributed by atoms with E-state index in [4.69, 9.17) is 0 Å². The van der Waals surface area contributed by atoms with Gasteiger partial charge in [-0.15, -0.1) is 12.6 Å². The van der Waals surface area contributed by atoms with E-state index in [1.54, 1.807) is 0 Å². The Morgan fingerprint density at radius 1 is 1.05 bits per heavy atom. The fraction of sp³-hybridized carbons (Fsp3) is 0.0588. The number of nitriles is 1. The molecule has 2 aromatic rings. The van der Waals surface area contributed by atoms with E-state index in [0.717, 1.165) is 11.3 Å². The van der Waals surface area contributed by atoms with Gasteiger partial charge in [0, 0.05) is 5.69 Å². The zero-order valence-electron chi connectivity index (χ0n) is 11.6. The van der Waals surface area contributed by atoms with Gasteiger partial charge in [-0.3, -0.25) is 4.79 Å². The molecule has 1 atom stereocenters. The molecule has 0 saturated carbocycles. The van der Waals surface area contributed by atoms with Gasteiger partial charge in [0.25, 0.3) is 5.91 Å². The second-order valence-electron chi connectivity index (χ2n) is 4.80. The van der Waals surface area contributed by atoms with Crippen LogP contribution in [0.15, 0.2) is 71.3 Å². The highest BCUT2D eigenvalue weighted by Gasteiger charge is 2.33. The van der Waals surface area contributed by atoms with Crippen molar-refractivity contribution in [2.24, 2.45) is 0 Å². The zero-order valence-corrected chi connectivity index (χ0v) is 12.5. The molecule has 22 heavy (non-hydrogen) atoms. The summed E-state index contributed by atoms with van der Waals surface area (Å²) in [5, 5.41) is 12.4. The number of nitrogens with one attached hydrogen (secondary N) is 1. The first-order valence-electron chi connectivity index (χ1n) is 6.76. The lowest BCUT2D eigenvalue weighted by Crippen LogP contribution is -2.46. The number of nitrogens with zero attached hydrogens (tertiary/aromatic N) is 2. The highest BCUT2D eigenvalue weighted by molar-refractivity contribution is 7.84. The molecule has 0 radical (unpaired) electrons. The first kappa shape index (κ1) is 14.2. The molecule has 1 heterocycles. The Hall–Kier alpha value is -2.71. The van der Waals surface area contributed by atoms with Crippen molar-refractivity contribution >= 4 is 24.2 Å². The Bertz CT molecular complexity index is 765. The van der Waals surface area contributed by atoms with Crippen LogP contribution in [0.25, 0.3) is 0 Å². The first-order valence-corrected chi connectivity index (χ1v) is 7.20. The van der Waals surface area contributed by atoms with Crippen LogP contribution in [-0.2, 0) is 4.79 Å². The Morgan fingerprint density at radius 2 is 1.64 bits per heavy atom. The summed E-state index contributed by atoms with van der Waals surface area (Å²) in [6.07, 6.45) is -0.402. The maximum atomic E-state index is 12.1. The molecule has 1 N–H and O–H groups in total. The van der Waals surface area contributed by atoms with Gasteiger partial charge >= 0.3 is 0 Å². The summed E-state index contributed by atoms with van der Waals surface area (Å²) in [5.74, 6) is -0.409. The van der Waals surface area contributed by atoms with Crippen LogP contribution in [-0.4, -0.2) is 5.91 Å². The molecule has 1 amide bonds. The van der Waals surface area contributed by atoms with E-state index >= 15 is 0 Å². The van der Waals surface area contributed by atoms with Gasteiger partial charge in [-0.1, -0.05) is 48.5 Å². The number of anilines is 1. The zero-order chi connectivity index (χ0) is 15.5.